The van der Waals surface area contributed by atoms with Gasteiger partial charge in [0.2, 0.25) is 0 Å². The van der Waals surface area contributed by atoms with Gasteiger partial charge >= 0.3 is 0 Å². The van der Waals surface area contributed by atoms with Crippen molar-refractivity contribution in [2.45, 2.75) is 12.8 Å². The quantitative estimate of drug-likeness (QED) is 0.333. The van der Waals surface area contributed by atoms with E-state index in [0.717, 1.165) is 0 Å². The second-order valence-corrected chi connectivity index (χ2v) is 2.17. The molecule has 0 aliphatic carbocycles. The van der Waals surface area contributed by atoms with E-state index in [-0.39, 0.29) is 53.4 Å². The van der Waals surface area contributed by atoms with E-state index in [9.17, 15) is 19.2 Å². The zero-order valence-corrected chi connectivity index (χ0v) is 7.92. The van der Waals surface area contributed by atoms with Gasteiger partial charge in [-0.25, -0.2) is 0 Å². The normalized spacial score (nSPS) is 9.33. The molecule has 0 atom stereocenters. The van der Waals surface area contributed by atoms with Gasteiger partial charge in [-0.05, 0) is 6.42 Å². The molecule has 0 saturated carbocycles. The molecular weight excluding hydrogens is 196 g/mol. The number of rotatable bonds is 6. The minimum absolute atomic E-state index is 0. The largest absolute Gasteiger partial charge is 0.303 e. The topological polar surface area (TPSA) is 68.3 Å². The Labute approximate surface area is 84.6 Å². The van der Waals surface area contributed by atoms with Crippen molar-refractivity contribution < 1.29 is 40.9 Å². The molecule has 0 aromatic heterocycles. The van der Waals surface area contributed by atoms with E-state index in [1.54, 1.807) is 0 Å². The zero-order chi connectivity index (χ0) is 8.74. The first-order valence-electron chi connectivity index (χ1n) is 3.07. The fraction of sp³-hybridized carbons (Fsp3) is 0.429. The molecule has 0 aromatic carbocycles. The molecule has 0 radical (unpaired) electrons. The van der Waals surface area contributed by atoms with E-state index < -0.39 is 5.41 Å². The molecule has 0 aliphatic rings. The number of carbonyl (C=O) groups excluding carboxylic acids is 4. The Bertz CT molecular complexity index is 156. The van der Waals surface area contributed by atoms with Crippen LogP contribution in [0.25, 0.3) is 0 Å². The van der Waals surface area contributed by atoms with Crippen LogP contribution >= 0.6 is 0 Å². The van der Waals surface area contributed by atoms with Crippen LogP contribution in [0.5, 0.6) is 0 Å². The number of aldehydes is 4. The first-order valence-corrected chi connectivity index (χ1v) is 3.07. The summed E-state index contributed by atoms with van der Waals surface area (Å²) in [6.07, 6.45) is 1.35. The van der Waals surface area contributed by atoms with Gasteiger partial charge in [-0.15, -0.1) is 0 Å². The Kier molecular flexibility index (Phi) is 8.21. The van der Waals surface area contributed by atoms with Crippen LogP contribution in [0.2, 0.25) is 0 Å². The molecule has 0 aromatic rings. The van der Waals surface area contributed by atoms with Gasteiger partial charge in [-0.1, -0.05) is 0 Å². The Morgan fingerprint density at radius 1 is 0.917 bits per heavy atom. The fourth-order valence-electron chi connectivity index (χ4n) is 0.569. The number of hydrogen-bond acceptors (Lipinski definition) is 4. The van der Waals surface area contributed by atoms with Crippen LogP contribution in [0.1, 0.15) is 12.8 Å². The Hall–Kier alpha value is -0.606. The molecular formula is C7H8O4Ti. The first-order chi connectivity index (χ1) is 5.24. The predicted octanol–water partition coefficient (Wildman–Crippen LogP) is -0.454. The molecule has 0 spiro atoms. The third-order valence-electron chi connectivity index (χ3n) is 1.35. The standard InChI is InChI=1S/C7H8O4.Ti/c8-3-1-2-7(4-9,5-10)6-11;/h3-6H,1-2H2;. The maximum atomic E-state index is 10.2. The van der Waals surface area contributed by atoms with Crippen LogP contribution in [0.4, 0.5) is 0 Å². The molecule has 4 nitrogen and oxygen atoms in total. The molecule has 0 N–H and O–H groups in total. The SMILES string of the molecule is O=CCCC(C=O)(C=O)C=O.[Ti]. The molecule has 0 aliphatic heterocycles. The van der Waals surface area contributed by atoms with Crippen molar-refractivity contribution >= 4 is 25.1 Å². The van der Waals surface area contributed by atoms with E-state index in [1.165, 1.54) is 0 Å². The molecule has 0 unspecified atom stereocenters. The summed E-state index contributed by atoms with van der Waals surface area (Å²) >= 11 is 0. The molecule has 0 heterocycles. The molecule has 12 heavy (non-hydrogen) atoms. The summed E-state index contributed by atoms with van der Waals surface area (Å²) in [7, 11) is 0. The van der Waals surface area contributed by atoms with Gasteiger partial charge in [0.25, 0.3) is 0 Å². The van der Waals surface area contributed by atoms with Crippen LogP contribution in [0, 0.1) is 5.41 Å². The van der Waals surface area contributed by atoms with E-state index >= 15 is 0 Å². The van der Waals surface area contributed by atoms with E-state index in [2.05, 4.69) is 0 Å². The molecule has 0 fully saturated rings. The van der Waals surface area contributed by atoms with E-state index in [0.29, 0.717) is 6.29 Å². The van der Waals surface area contributed by atoms with Gasteiger partial charge in [0.05, 0.1) is 0 Å². The van der Waals surface area contributed by atoms with Crippen molar-refractivity contribution in [1.82, 2.24) is 0 Å². The van der Waals surface area contributed by atoms with Crippen molar-refractivity contribution in [3.05, 3.63) is 0 Å². The second-order valence-electron chi connectivity index (χ2n) is 2.17. The summed E-state index contributed by atoms with van der Waals surface area (Å²) < 4.78 is 0. The zero-order valence-electron chi connectivity index (χ0n) is 6.36. The van der Waals surface area contributed by atoms with Crippen molar-refractivity contribution in [2.75, 3.05) is 0 Å². The Morgan fingerprint density at radius 2 is 1.33 bits per heavy atom. The van der Waals surface area contributed by atoms with Gasteiger partial charge < -0.3 is 19.2 Å². The van der Waals surface area contributed by atoms with Crippen LogP contribution in [-0.4, -0.2) is 25.1 Å². The van der Waals surface area contributed by atoms with Gasteiger partial charge in [-0.3, -0.25) is 0 Å². The number of hydrogen-bond donors (Lipinski definition) is 0. The third-order valence-corrected chi connectivity index (χ3v) is 1.35. The van der Waals surface area contributed by atoms with Gasteiger partial charge in [-0.2, -0.15) is 0 Å². The smallest absolute Gasteiger partial charge is 0.140 e. The van der Waals surface area contributed by atoms with E-state index in [4.69, 9.17) is 0 Å². The monoisotopic (exact) mass is 204 g/mol. The summed E-state index contributed by atoms with van der Waals surface area (Å²) in [5, 5.41) is 0. The number of carbonyl (C=O) groups is 4. The maximum absolute atomic E-state index is 10.2. The summed E-state index contributed by atoms with van der Waals surface area (Å²) in [5.41, 5.74) is -1.60. The van der Waals surface area contributed by atoms with Gasteiger partial charge in [0, 0.05) is 28.1 Å². The summed E-state index contributed by atoms with van der Waals surface area (Å²) in [4.78, 5) is 40.5. The molecule has 0 saturated heterocycles. The van der Waals surface area contributed by atoms with Gasteiger partial charge in [0.15, 0.2) is 0 Å². The summed E-state index contributed by atoms with van der Waals surface area (Å²) in [5.74, 6) is 0. The average Bonchev–Trinajstić information content (AvgIpc) is 2.08. The van der Waals surface area contributed by atoms with E-state index in [1.807, 2.05) is 0 Å². The molecule has 0 rings (SSSR count). The Balaban J connectivity index is 0. The minimum atomic E-state index is -1.60. The van der Waals surface area contributed by atoms with Gasteiger partial charge in [0.1, 0.15) is 30.6 Å². The maximum Gasteiger partial charge on any atom is 0.140 e. The first kappa shape index (κ1) is 13.9. The van der Waals surface area contributed by atoms with Crippen molar-refractivity contribution in [1.29, 1.82) is 0 Å². The summed E-state index contributed by atoms with van der Waals surface area (Å²) in [6, 6.07) is 0. The predicted molar refractivity (Wildman–Crippen MR) is 35.9 cm³/mol. The Morgan fingerprint density at radius 3 is 1.58 bits per heavy atom. The summed E-state index contributed by atoms with van der Waals surface area (Å²) in [6.45, 7) is 0. The second kappa shape index (κ2) is 7.07. The van der Waals surface area contributed by atoms with Crippen molar-refractivity contribution in [3.63, 3.8) is 0 Å². The fourth-order valence-corrected chi connectivity index (χ4v) is 0.569. The minimum Gasteiger partial charge on any atom is -0.303 e. The molecule has 0 amide bonds. The van der Waals surface area contributed by atoms with Crippen LogP contribution in [-0.2, 0) is 40.9 Å². The average molecular weight is 204 g/mol. The van der Waals surface area contributed by atoms with Crippen LogP contribution < -0.4 is 0 Å². The third kappa shape index (κ3) is 3.69. The van der Waals surface area contributed by atoms with Crippen LogP contribution in [0.3, 0.4) is 0 Å². The van der Waals surface area contributed by atoms with Crippen molar-refractivity contribution in [3.8, 4) is 0 Å². The van der Waals surface area contributed by atoms with Crippen LogP contribution in [0.15, 0.2) is 0 Å². The molecule has 64 valence electrons. The van der Waals surface area contributed by atoms with Crippen molar-refractivity contribution in [2.24, 2.45) is 5.41 Å². The molecule has 0 bridgehead atoms. The molecule has 5 heteroatoms.